The molecule has 0 radical (unpaired) electrons. The molecule has 0 spiro atoms. The molecule has 0 aromatic carbocycles. The van der Waals surface area contributed by atoms with Gasteiger partial charge in [0.1, 0.15) is 19.7 Å². The molecule has 1 aliphatic carbocycles. The molecule has 1 rings (SSSR count). The molecule has 23 heavy (non-hydrogen) atoms. The van der Waals surface area contributed by atoms with Gasteiger partial charge >= 0.3 is 6.18 Å². The second-order valence-corrected chi connectivity index (χ2v) is 6.26. The molecule has 0 aromatic heterocycles. The minimum absolute atomic E-state index is 0.106. The van der Waals surface area contributed by atoms with E-state index < -0.39 is 37.7 Å². The maximum atomic E-state index is 12.6. The number of carbonyl (C=O) groups is 2. The molecule has 1 aliphatic rings. The van der Waals surface area contributed by atoms with E-state index >= 15 is 0 Å². The lowest BCUT2D eigenvalue weighted by Crippen LogP contribution is -2.46. The highest BCUT2D eigenvalue weighted by molar-refractivity contribution is 5.85. The third-order valence-electron chi connectivity index (χ3n) is 4.00. The zero-order valence-electron chi connectivity index (χ0n) is 13.9. The van der Waals surface area contributed by atoms with Crippen molar-refractivity contribution in [3.05, 3.63) is 0 Å². The third kappa shape index (κ3) is 7.20. The number of nitrogens with zero attached hydrogens (tertiary/aromatic N) is 2. The average molecular weight is 338 g/mol. The fourth-order valence-corrected chi connectivity index (χ4v) is 2.55. The third-order valence-corrected chi connectivity index (χ3v) is 4.00. The van der Waals surface area contributed by atoms with Gasteiger partial charge in [-0.3, -0.25) is 9.59 Å². The Kier molecular flexibility index (Phi) is 7.31. The molecule has 1 saturated carbocycles. The molecule has 134 valence electrons. The van der Waals surface area contributed by atoms with Gasteiger partial charge in [-0.25, -0.2) is 0 Å². The average Bonchev–Trinajstić information content (AvgIpc) is 2.43. The Morgan fingerprint density at radius 1 is 1.13 bits per heavy atom. The maximum absolute atomic E-state index is 12.6. The highest BCUT2D eigenvalue weighted by Gasteiger charge is 2.34. The Morgan fingerprint density at radius 3 is 2.26 bits per heavy atom. The van der Waals surface area contributed by atoms with E-state index in [4.69, 9.17) is 4.74 Å². The number of hydrogen-bond acceptors (Lipinski definition) is 3. The summed E-state index contributed by atoms with van der Waals surface area (Å²) >= 11 is 0. The summed E-state index contributed by atoms with van der Waals surface area (Å²) in [4.78, 5) is 25.3. The van der Waals surface area contributed by atoms with Crippen LogP contribution in [-0.4, -0.2) is 67.7 Å². The van der Waals surface area contributed by atoms with Crippen LogP contribution in [-0.2, 0) is 14.3 Å². The zero-order valence-corrected chi connectivity index (χ0v) is 13.9. The standard InChI is InChI=1S/C15H25F3N2O3/c1-11-6-4-5-7-12(11)23-9-14(22)20(10-15(16,17)18)8-13(21)19(2)3/h11-12H,4-10H2,1-3H3/t11-,12+/m1/s1. The lowest BCUT2D eigenvalue weighted by molar-refractivity contribution is -0.168. The monoisotopic (exact) mass is 338 g/mol. The fraction of sp³-hybridized carbons (Fsp3) is 0.867. The van der Waals surface area contributed by atoms with Crippen molar-refractivity contribution >= 4 is 11.8 Å². The Balaban J connectivity index is 2.61. The minimum Gasteiger partial charge on any atom is -0.368 e. The first-order chi connectivity index (χ1) is 10.6. The second kappa shape index (κ2) is 8.52. The van der Waals surface area contributed by atoms with Crippen LogP contribution in [0.5, 0.6) is 0 Å². The smallest absolute Gasteiger partial charge is 0.368 e. The molecule has 0 N–H and O–H groups in total. The van der Waals surface area contributed by atoms with Crippen molar-refractivity contribution in [2.75, 3.05) is 33.8 Å². The summed E-state index contributed by atoms with van der Waals surface area (Å²) in [6.45, 7) is -0.465. The van der Waals surface area contributed by atoms with Gasteiger partial charge < -0.3 is 14.5 Å². The predicted octanol–water partition coefficient (Wildman–Crippen LogP) is 2.06. The van der Waals surface area contributed by atoms with Crippen LogP contribution < -0.4 is 0 Å². The predicted molar refractivity (Wildman–Crippen MR) is 78.7 cm³/mol. The number of alkyl halides is 3. The number of hydrogen-bond donors (Lipinski definition) is 0. The molecular formula is C15H25F3N2O3. The summed E-state index contributed by atoms with van der Waals surface area (Å²) in [5.74, 6) is -1.08. The van der Waals surface area contributed by atoms with E-state index in [9.17, 15) is 22.8 Å². The summed E-state index contributed by atoms with van der Waals surface area (Å²) in [6, 6.07) is 0. The van der Waals surface area contributed by atoms with Crippen LogP contribution >= 0.6 is 0 Å². The van der Waals surface area contributed by atoms with Gasteiger partial charge in [0, 0.05) is 14.1 Å². The van der Waals surface area contributed by atoms with Crippen molar-refractivity contribution in [2.24, 2.45) is 5.92 Å². The van der Waals surface area contributed by atoms with E-state index in [0.29, 0.717) is 4.90 Å². The normalized spacial score (nSPS) is 21.8. The topological polar surface area (TPSA) is 49.9 Å². The molecule has 0 aromatic rings. The van der Waals surface area contributed by atoms with Gasteiger partial charge in [0.15, 0.2) is 0 Å². The molecule has 0 saturated heterocycles. The second-order valence-electron chi connectivity index (χ2n) is 6.26. The quantitative estimate of drug-likeness (QED) is 0.745. The van der Waals surface area contributed by atoms with Crippen molar-refractivity contribution < 1.29 is 27.5 Å². The van der Waals surface area contributed by atoms with E-state index in [1.54, 1.807) is 0 Å². The van der Waals surface area contributed by atoms with E-state index in [-0.39, 0.29) is 12.0 Å². The van der Waals surface area contributed by atoms with Gasteiger partial charge in [-0.05, 0) is 18.8 Å². The number of carbonyl (C=O) groups excluding carboxylic acids is 2. The van der Waals surface area contributed by atoms with E-state index in [1.807, 2.05) is 6.92 Å². The molecule has 8 heteroatoms. The van der Waals surface area contributed by atoms with E-state index in [2.05, 4.69) is 0 Å². The maximum Gasteiger partial charge on any atom is 0.406 e. The SMILES string of the molecule is C[C@@H]1CCCC[C@@H]1OCC(=O)N(CC(=O)N(C)C)CC(F)(F)F. The van der Waals surface area contributed by atoms with Crippen LogP contribution in [0.1, 0.15) is 32.6 Å². The summed E-state index contributed by atoms with van der Waals surface area (Å²) in [6.07, 6.45) is -0.763. The largest absolute Gasteiger partial charge is 0.406 e. The fourth-order valence-electron chi connectivity index (χ4n) is 2.55. The summed E-state index contributed by atoms with van der Waals surface area (Å²) in [5.41, 5.74) is 0. The summed E-state index contributed by atoms with van der Waals surface area (Å²) in [5, 5.41) is 0. The molecule has 0 unspecified atom stereocenters. The Morgan fingerprint density at radius 2 is 1.74 bits per heavy atom. The van der Waals surface area contributed by atoms with Gasteiger partial charge in [0.25, 0.3) is 0 Å². The van der Waals surface area contributed by atoms with Crippen LogP contribution in [0, 0.1) is 5.92 Å². The van der Waals surface area contributed by atoms with Crippen molar-refractivity contribution in [2.45, 2.75) is 44.9 Å². The molecule has 5 nitrogen and oxygen atoms in total. The van der Waals surface area contributed by atoms with Crippen LogP contribution in [0.3, 0.4) is 0 Å². The molecule has 0 heterocycles. The minimum atomic E-state index is -4.56. The van der Waals surface area contributed by atoms with Crippen LogP contribution in [0.2, 0.25) is 0 Å². The van der Waals surface area contributed by atoms with Crippen LogP contribution in [0.4, 0.5) is 13.2 Å². The number of amides is 2. The molecular weight excluding hydrogens is 313 g/mol. The van der Waals surface area contributed by atoms with Crippen molar-refractivity contribution in [1.29, 1.82) is 0 Å². The molecule has 0 bridgehead atoms. The lowest BCUT2D eigenvalue weighted by Gasteiger charge is -2.30. The van der Waals surface area contributed by atoms with Crippen molar-refractivity contribution in [3.8, 4) is 0 Å². The number of ether oxygens (including phenoxy) is 1. The summed E-state index contributed by atoms with van der Waals surface area (Å²) < 4.78 is 43.4. The van der Waals surface area contributed by atoms with Gasteiger partial charge in [-0.1, -0.05) is 19.8 Å². The molecule has 0 aliphatic heterocycles. The van der Waals surface area contributed by atoms with Gasteiger partial charge in [0.05, 0.1) is 6.10 Å². The molecule has 2 amide bonds. The first-order valence-corrected chi connectivity index (χ1v) is 7.76. The molecule has 2 atom stereocenters. The Hall–Kier alpha value is -1.31. The highest BCUT2D eigenvalue weighted by Crippen LogP contribution is 2.26. The van der Waals surface area contributed by atoms with Crippen LogP contribution in [0.15, 0.2) is 0 Å². The Labute approximate surface area is 134 Å². The highest BCUT2D eigenvalue weighted by atomic mass is 19.4. The van der Waals surface area contributed by atoms with Gasteiger partial charge in [-0.15, -0.1) is 0 Å². The van der Waals surface area contributed by atoms with Gasteiger partial charge in [0.2, 0.25) is 11.8 Å². The van der Waals surface area contributed by atoms with Crippen molar-refractivity contribution in [1.82, 2.24) is 9.80 Å². The zero-order chi connectivity index (χ0) is 17.6. The van der Waals surface area contributed by atoms with Crippen LogP contribution in [0.25, 0.3) is 0 Å². The first kappa shape index (κ1) is 19.7. The number of halogens is 3. The molecule has 1 fully saturated rings. The van der Waals surface area contributed by atoms with Crippen molar-refractivity contribution in [3.63, 3.8) is 0 Å². The first-order valence-electron chi connectivity index (χ1n) is 7.76. The summed E-state index contributed by atoms with van der Waals surface area (Å²) in [7, 11) is 2.86. The van der Waals surface area contributed by atoms with E-state index in [1.165, 1.54) is 14.1 Å². The van der Waals surface area contributed by atoms with Gasteiger partial charge in [-0.2, -0.15) is 13.2 Å². The Bertz CT molecular complexity index is 413. The number of rotatable bonds is 6. The number of likely N-dealkylation sites (N-methyl/N-ethyl adjacent to an activating group) is 1. The lowest BCUT2D eigenvalue weighted by atomic mass is 9.88. The van der Waals surface area contributed by atoms with E-state index in [0.717, 1.165) is 30.6 Å².